The summed E-state index contributed by atoms with van der Waals surface area (Å²) in [6.07, 6.45) is 1.65. The second-order valence-electron chi connectivity index (χ2n) is 3.67. The van der Waals surface area contributed by atoms with Gasteiger partial charge in [0.25, 0.3) is 0 Å². The van der Waals surface area contributed by atoms with Crippen LogP contribution in [0.4, 0.5) is 0 Å². The molecule has 0 aliphatic carbocycles. The molecule has 2 heterocycles. The van der Waals surface area contributed by atoms with Crippen molar-refractivity contribution in [1.29, 1.82) is 0 Å². The van der Waals surface area contributed by atoms with Gasteiger partial charge in [0.1, 0.15) is 0 Å². The molecule has 3 nitrogen and oxygen atoms in total. The maximum Gasteiger partial charge on any atom is 1.00 e. The van der Waals surface area contributed by atoms with Crippen LogP contribution in [0.25, 0.3) is 0 Å². The van der Waals surface area contributed by atoms with Crippen molar-refractivity contribution in [2.24, 2.45) is 0 Å². The largest absolute Gasteiger partial charge is 1.00 e. The van der Waals surface area contributed by atoms with Gasteiger partial charge in [-0.15, -0.1) is 13.1 Å². The Morgan fingerprint density at radius 3 is 2.08 bits per heavy atom. The van der Waals surface area contributed by atoms with Gasteiger partial charge in [-0.05, 0) is 14.1 Å². The Labute approximate surface area is 86.2 Å². The molecule has 0 N–H and O–H groups in total. The van der Waals surface area contributed by atoms with Gasteiger partial charge >= 0.3 is 18.9 Å². The minimum absolute atomic E-state index is 0. The molecule has 0 saturated carbocycles. The minimum Gasteiger partial charge on any atom is -0.542 e. The van der Waals surface area contributed by atoms with Gasteiger partial charge < -0.3 is 14.5 Å². The molecule has 0 spiro atoms. The van der Waals surface area contributed by atoms with Gasteiger partial charge in [0.05, 0.1) is 0 Å². The zero-order chi connectivity index (χ0) is 7.84. The van der Waals surface area contributed by atoms with Crippen LogP contribution in [-0.4, -0.2) is 56.2 Å². The molecule has 2 aliphatic rings. The van der Waals surface area contributed by atoms with Crippen LogP contribution in [0.5, 0.6) is 0 Å². The molecule has 0 aromatic carbocycles. The molecule has 64 valence electrons. The van der Waals surface area contributed by atoms with Crippen LogP contribution >= 0.6 is 0 Å². The van der Waals surface area contributed by atoms with Gasteiger partial charge in [-0.25, -0.2) is 0 Å². The fourth-order valence-corrected chi connectivity index (χ4v) is 1.92. The van der Waals surface area contributed by atoms with E-state index in [2.05, 4.69) is 23.9 Å². The van der Waals surface area contributed by atoms with Gasteiger partial charge in [-0.2, -0.15) is 6.10 Å². The van der Waals surface area contributed by atoms with E-state index in [4.69, 9.17) is 4.74 Å². The summed E-state index contributed by atoms with van der Waals surface area (Å²) < 4.78 is 5.70. The van der Waals surface area contributed by atoms with Crippen LogP contribution in [0.1, 0.15) is 0 Å². The summed E-state index contributed by atoms with van der Waals surface area (Å²) in [5.74, 6) is 0. The van der Waals surface area contributed by atoms with Crippen molar-refractivity contribution in [3.05, 3.63) is 6.10 Å². The SMILES string of the molecule is CN1C[C-]2CN(C)CC(C1)O2.[Li+]. The van der Waals surface area contributed by atoms with E-state index >= 15 is 0 Å². The first-order valence-corrected chi connectivity index (χ1v) is 4.12. The third-order valence-corrected chi connectivity index (χ3v) is 2.26. The van der Waals surface area contributed by atoms with Crippen LogP contribution in [0.2, 0.25) is 0 Å². The summed E-state index contributed by atoms with van der Waals surface area (Å²) in [6, 6.07) is 0. The fraction of sp³-hybridized carbons (Fsp3) is 0.875. The van der Waals surface area contributed by atoms with Gasteiger partial charge in [-0.1, -0.05) is 0 Å². The van der Waals surface area contributed by atoms with Crippen molar-refractivity contribution < 1.29 is 23.6 Å². The van der Waals surface area contributed by atoms with Crippen LogP contribution < -0.4 is 18.9 Å². The van der Waals surface area contributed by atoms with Crippen LogP contribution in [0.3, 0.4) is 0 Å². The number of morpholine rings is 2. The average Bonchev–Trinajstić information content (AvgIpc) is 1.82. The Kier molecular flexibility index (Phi) is 3.63. The fourth-order valence-electron chi connectivity index (χ4n) is 1.92. The number of fused-ring (bicyclic) bond motifs is 2. The first-order valence-electron chi connectivity index (χ1n) is 4.12. The van der Waals surface area contributed by atoms with Crippen molar-refractivity contribution in [2.75, 3.05) is 40.3 Å². The summed E-state index contributed by atoms with van der Waals surface area (Å²) >= 11 is 0. The number of nitrogens with zero attached hydrogens (tertiary/aromatic N) is 2. The number of likely N-dealkylation sites (N-methyl/N-ethyl adjacent to an activating group) is 2. The maximum atomic E-state index is 5.70. The third kappa shape index (κ3) is 2.24. The molecule has 0 unspecified atom stereocenters. The first-order chi connectivity index (χ1) is 5.24. The number of ether oxygens (including phenoxy) is 1. The van der Waals surface area contributed by atoms with Gasteiger partial charge in [0.15, 0.2) is 0 Å². The number of hydrogen-bond acceptors (Lipinski definition) is 3. The summed E-state index contributed by atoms with van der Waals surface area (Å²) in [5, 5.41) is 0. The van der Waals surface area contributed by atoms with E-state index in [0.29, 0.717) is 6.10 Å². The molecular weight excluding hydrogens is 147 g/mol. The van der Waals surface area contributed by atoms with Crippen molar-refractivity contribution in [2.45, 2.75) is 6.10 Å². The third-order valence-electron chi connectivity index (χ3n) is 2.26. The summed E-state index contributed by atoms with van der Waals surface area (Å²) in [7, 11) is 4.31. The van der Waals surface area contributed by atoms with E-state index in [0.717, 1.165) is 26.2 Å². The minimum atomic E-state index is 0. The molecule has 2 aliphatic heterocycles. The Morgan fingerprint density at radius 2 is 1.67 bits per heavy atom. The van der Waals surface area contributed by atoms with Gasteiger partial charge in [0.2, 0.25) is 0 Å². The number of hydrogen-bond donors (Lipinski definition) is 0. The number of rotatable bonds is 0. The molecule has 0 radical (unpaired) electrons. The molecule has 12 heavy (non-hydrogen) atoms. The molecule has 0 aromatic heterocycles. The first kappa shape index (κ1) is 10.6. The summed E-state index contributed by atoms with van der Waals surface area (Å²) in [6.45, 7) is 4.18. The predicted molar refractivity (Wildman–Crippen MR) is 43.1 cm³/mol. The quantitative estimate of drug-likeness (QED) is 0.275. The molecule has 2 fully saturated rings. The zero-order valence-corrected chi connectivity index (χ0v) is 8.21. The van der Waals surface area contributed by atoms with E-state index in [-0.39, 0.29) is 18.9 Å². The molecule has 0 atom stereocenters. The van der Waals surface area contributed by atoms with Gasteiger partial charge in [0, 0.05) is 19.2 Å². The average molecular weight is 162 g/mol. The second-order valence-corrected chi connectivity index (χ2v) is 3.67. The van der Waals surface area contributed by atoms with Crippen LogP contribution in [-0.2, 0) is 4.74 Å². The normalized spacial score (nSPS) is 28.5. The summed E-state index contributed by atoms with van der Waals surface area (Å²) in [4.78, 5) is 4.66. The topological polar surface area (TPSA) is 15.7 Å². The molecule has 4 heteroatoms. The molecule has 0 amide bonds. The zero-order valence-electron chi connectivity index (χ0n) is 8.21. The Bertz CT molecular complexity index is 122. The maximum absolute atomic E-state index is 5.70. The smallest absolute Gasteiger partial charge is 0.542 e. The Hall–Kier alpha value is 0.477. The van der Waals surface area contributed by atoms with Crippen LogP contribution in [0, 0.1) is 6.10 Å². The van der Waals surface area contributed by atoms with E-state index in [1.165, 1.54) is 6.10 Å². The summed E-state index contributed by atoms with van der Waals surface area (Å²) in [5.41, 5.74) is 0. The van der Waals surface area contributed by atoms with Crippen molar-refractivity contribution in [3.63, 3.8) is 0 Å². The van der Waals surface area contributed by atoms with Gasteiger partial charge in [-0.3, -0.25) is 0 Å². The molecule has 2 bridgehead atoms. The second kappa shape index (κ2) is 4.12. The molecule has 2 saturated heterocycles. The van der Waals surface area contributed by atoms with E-state index in [1.807, 2.05) is 0 Å². The monoisotopic (exact) mass is 162 g/mol. The molecule has 2 rings (SSSR count). The van der Waals surface area contributed by atoms with E-state index < -0.39 is 0 Å². The Morgan fingerprint density at radius 1 is 1.17 bits per heavy atom. The molecular formula is C8H15LiN2O. The van der Waals surface area contributed by atoms with Crippen molar-refractivity contribution >= 4 is 0 Å². The van der Waals surface area contributed by atoms with E-state index in [9.17, 15) is 0 Å². The van der Waals surface area contributed by atoms with E-state index in [1.54, 1.807) is 0 Å². The van der Waals surface area contributed by atoms with Crippen LogP contribution in [0.15, 0.2) is 0 Å². The standard InChI is InChI=1S/C8H15N2O.Li/c1-9-3-7-5-10(2)6-8(4-9)11-7;/h7H,3-6H2,1-2H3;/q-1;+1. The Balaban J connectivity index is 0.000000720. The van der Waals surface area contributed by atoms with Crippen molar-refractivity contribution in [3.8, 4) is 0 Å². The predicted octanol–water partition coefficient (Wildman–Crippen LogP) is -3.20. The molecule has 0 aromatic rings. The van der Waals surface area contributed by atoms with Crippen molar-refractivity contribution in [1.82, 2.24) is 9.80 Å².